The normalized spacial score (nSPS) is 13.8. The molecule has 1 aromatic carbocycles. The van der Waals surface area contributed by atoms with Gasteiger partial charge in [0.2, 0.25) is 0 Å². The van der Waals surface area contributed by atoms with E-state index in [0.717, 1.165) is 15.6 Å². The molecule has 106 valence electrons. The number of carbonyl (C=O) groups excluding carboxylic acids is 1. The van der Waals surface area contributed by atoms with E-state index in [2.05, 4.69) is 31.4 Å². The number of aromatic amines is 1. The van der Waals surface area contributed by atoms with E-state index in [0.29, 0.717) is 5.69 Å². The molecule has 0 saturated heterocycles. The van der Waals surface area contributed by atoms with Gasteiger partial charge in [-0.2, -0.15) is 5.10 Å². The summed E-state index contributed by atoms with van der Waals surface area (Å²) in [6.45, 7) is 3.37. The van der Waals surface area contributed by atoms with Crippen molar-refractivity contribution >= 4 is 21.8 Å². The number of hydrogen-bond acceptors (Lipinski definition) is 3. The number of hydrogen-bond donors (Lipinski definition) is 3. The van der Waals surface area contributed by atoms with Gasteiger partial charge in [0.05, 0.1) is 18.3 Å². The molecule has 0 aliphatic heterocycles. The van der Waals surface area contributed by atoms with Gasteiger partial charge < -0.3 is 10.4 Å². The van der Waals surface area contributed by atoms with Crippen LogP contribution in [0.5, 0.6) is 0 Å². The molecule has 0 aliphatic rings. The Morgan fingerprint density at radius 2 is 2.30 bits per heavy atom. The number of aliphatic hydroxyl groups excluding tert-OH is 1. The number of benzene rings is 1. The van der Waals surface area contributed by atoms with Crippen molar-refractivity contribution in [2.75, 3.05) is 6.61 Å². The van der Waals surface area contributed by atoms with Gasteiger partial charge >= 0.3 is 0 Å². The molecule has 1 heterocycles. The molecule has 0 radical (unpaired) electrons. The maximum absolute atomic E-state index is 12.3. The van der Waals surface area contributed by atoms with E-state index in [4.69, 9.17) is 0 Å². The van der Waals surface area contributed by atoms with Crippen LogP contribution in [0.25, 0.3) is 0 Å². The zero-order chi connectivity index (χ0) is 14.8. The summed E-state index contributed by atoms with van der Waals surface area (Å²) in [5.41, 5.74) is 1.12. The van der Waals surface area contributed by atoms with Crippen LogP contribution in [0.15, 0.2) is 34.9 Å². The van der Waals surface area contributed by atoms with Crippen LogP contribution in [0, 0.1) is 6.92 Å². The number of rotatable bonds is 4. The van der Waals surface area contributed by atoms with Gasteiger partial charge in [0, 0.05) is 4.47 Å². The van der Waals surface area contributed by atoms with Crippen LogP contribution >= 0.6 is 15.9 Å². The van der Waals surface area contributed by atoms with Crippen molar-refractivity contribution in [1.82, 2.24) is 15.5 Å². The molecule has 0 bridgehead atoms. The molecule has 0 aliphatic carbocycles. The van der Waals surface area contributed by atoms with Crippen LogP contribution in [0.3, 0.4) is 0 Å². The molecule has 2 rings (SSSR count). The van der Waals surface area contributed by atoms with E-state index in [9.17, 15) is 9.90 Å². The van der Waals surface area contributed by atoms with Gasteiger partial charge in [0.25, 0.3) is 5.91 Å². The molecule has 1 atom stereocenters. The van der Waals surface area contributed by atoms with Crippen molar-refractivity contribution in [3.8, 4) is 0 Å². The second-order valence-electron chi connectivity index (χ2n) is 4.88. The average molecular weight is 338 g/mol. The molecule has 2 aromatic rings. The van der Waals surface area contributed by atoms with Gasteiger partial charge in [-0.25, -0.2) is 0 Å². The van der Waals surface area contributed by atoms with E-state index in [-0.39, 0.29) is 12.5 Å². The minimum absolute atomic E-state index is 0.206. The second kappa shape index (κ2) is 5.76. The lowest BCUT2D eigenvalue weighted by atomic mass is 9.92. The number of halogens is 1. The third-order valence-corrected chi connectivity index (χ3v) is 3.72. The number of aryl methyl sites for hydroxylation is 1. The number of nitrogens with one attached hydrogen (secondary N) is 2. The molecule has 0 fully saturated rings. The summed E-state index contributed by atoms with van der Waals surface area (Å²) in [5.74, 6) is -0.295. The van der Waals surface area contributed by atoms with Crippen LogP contribution < -0.4 is 5.32 Å². The summed E-state index contributed by atoms with van der Waals surface area (Å²) < 4.78 is 0.890. The fraction of sp³-hybridized carbons (Fsp3) is 0.286. The van der Waals surface area contributed by atoms with Crippen LogP contribution in [-0.4, -0.2) is 27.8 Å². The quantitative estimate of drug-likeness (QED) is 0.799. The van der Waals surface area contributed by atoms with Crippen LogP contribution in [0.4, 0.5) is 0 Å². The standard InChI is InChI=1S/C14H16BrN3O2/c1-9-7-16-18-12(9)13(20)17-14(2,8-19)10-4-3-5-11(15)6-10/h3-7,19H,8H2,1-2H3,(H,16,18)(H,17,20)/t14-/m0/s1. The molecular formula is C14H16BrN3O2. The second-order valence-corrected chi connectivity index (χ2v) is 5.80. The monoisotopic (exact) mass is 337 g/mol. The highest BCUT2D eigenvalue weighted by atomic mass is 79.9. The maximum atomic E-state index is 12.3. The summed E-state index contributed by atoms with van der Waals surface area (Å²) in [6, 6.07) is 7.49. The Labute approximate surface area is 125 Å². The van der Waals surface area contributed by atoms with Crippen molar-refractivity contribution in [2.45, 2.75) is 19.4 Å². The van der Waals surface area contributed by atoms with Crippen molar-refractivity contribution in [2.24, 2.45) is 0 Å². The largest absolute Gasteiger partial charge is 0.394 e. The zero-order valence-electron chi connectivity index (χ0n) is 11.3. The summed E-state index contributed by atoms with van der Waals surface area (Å²) in [6.07, 6.45) is 1.59. The molecule has 1 aromatic heterocycles. The first kappa shape index (κ1) is 14.7. The van der Waals surface area contributed by atoms with E-state index in [1.54, 1.807) is 20.0 Å². The first-order chi connectivity index (χ1) is 9.46. The van der Waals surface area contributed by atoms with Crippen molar-refractivity contribution in [1.29, 1.82) is 0 Å². The Morgan fingerprint density at radius 3 is 2.85 bits per heavy atom. The fourth-order valence-electron chi connectivity index (χ4n) is 1.92. The molecular weight excluding hydrogens is 322 g/mol. The molecule has 0 saturated carbocycles. The van der Waals surface area contributed by atoms with E-state index >= 15 is 0 Å². The van der Waals surface area contributed by atoms with Gasteiger partial charge in [-0.05, 0) is 37.1 Å². The first-order valence-electron chi connectivity index (χ1n) is 6.15. The topological polar surface area (TPSA) is 78.0 Å². The molecule has 0 spiro atoms. The van der Waals surface area contributed by atoms with E-state index < -0.39 is 5.54 Å². The van der Waals surface area contributed by atoms with Crippen LogP contribution in [0.2, 0.25) is 0 Å². The lowest BCUT2D eigenvalue weighted by Crippen LogP contribution is -2.46. The molecule has 5 nitrogen and oxygen atoms in total. The molecule has 3 N–H and O–H groups in total. The summed E-state index contributed by atoms with van der Waals surface area (Å²) in [7, 11) is 0. The van der Waals surface area contributed by atoms with Crippen LogP contribution in [-0.2, 0) is 5.54 Å². The predicted octanol–water partition coefficient (Wildman–Crippen LogP) is 2.12. The predicted molar refractivity (Wildman–Crippen MR) is 79.4 cm³/mol. The number of aliphatic hydroxyl groups is 1. The average Bonchev–Trinajstić information content (AvgIpc) is 2.85. The SMILES string of the molecule is Cc1cn[nH]c1C(=O)N[C@@](C)(CO)c1cccc(Br)c1. The Bertz CT molecular complexity index is 626. The van der Waals surface area contributed by atoms with Gasteiger partial charge in [-0.1, -0.05) is 28.1 Å². The fourth-order valence-corrected chi connectivity index (χ4v) is 2.32. The smallest absolute Gasteiger partial charge is 0.270 e. The summed E-state index contributed by atoms with van der Waals surface area (Å²) in [5, 5.41) is 19.0. The van der Waals surface area contributed by atoms with Gasteiger partial charge in [-0.3, -0.25) is 9.89 Å². The lowest BCUT2D eigenvalue weighted by molar-refractivity contribution is 0.0844. The summed E-state index contributed by atoms with van der Waals surface area (Å²) >= 11 is 3.39. The molecule has 20 heavy (non-hydrogen) atoms. The van der Waals surface area contributed by atoms with Crippen LogP contribution in [0.1, 0.15) is 28.5 Å². The number of carbonyl (C=O) groups is 1. The highest BCUT2D eigenvalue weighted by molar-refractivity contribution is 9.10. The third-order valence-electron chi connectivity index (χ3n) is 3.22. The van der Waals surface area contributed by atoms with Gasteiger partial charge in [-0.15, -0.1) is 0 Å². The first-order valence-corrected chi connectivity index (χ1v) is 6.95. The van der Waals surface area contributed by atoms with Gasteiger partial charge in [0.15, 0.2) is 0 Å². The van der Waals surface area contributed by atoms with Crippen molar-refractivity contribution < 1.29 is 9.90 Å². The molecule has 6 heteroatoms. The Kier molecular flexibility index (Phi) is 4.25. The Morgan fingerprint density at radius 1 is 1.55 bits per heavy atom. The Balaban J connectivity index is 2.28. The van der Waals surface area contributed by atoms with E-state index in [1.165, 1.54) is 0 Å². The minimum atomic E-state index is -0.863. The van der Waals surface area contributed by atoms with E-state index in [1.807, 2.05) is 24.3 Å². The Hall–Kier alpha value is -1.66. The molecule has 1 amide bonds. The van der Waals surface area contributed by atoms with Gasteiger partial charge in [0.1, 0.15) is 5.69 Å². The highest BCUT2D eigenvalue weighted by Crippen LogP contribution is 2.24. The van der Waals surface area contributed by atoms with Crippen molar-refractivity contribution in [3.05, 3.63) is 51.8 Å². The highest BCUT2D eigenvalue weighted by Gasteiger charge is 2.29. The lowest BCUT2D eigenvalue weighted by Gasteiger charge is -2.29. The molecule has 0 unspecified atom stereocenters. The number of nitrogens with zero attached hydrogens (tertiary/aromatic N) is 1. The minimum Gasteiger partial charge on any atom is -0.394 e. The maximum Gasteiger partial charge on any atom is 0.270 e. The third kappa shape index (κ3) is 2.91. The number of H-pyrrole nitrogens is 1. The number of aromatic nitrogens is 2. The van der Waals surface area contributed by atoms with Crippen molar-refractivity contribution in [3.63, 3.8) is 0 Å². The summed E-state index contributed by atoms with van der Waals surface area (Å²) in [4.78, 5) is 12.3. The number of amides is 1. The zero-order valence-corrected chi connectivity index (χ0v) is 12.9.